The van der Waals surface area contributed by atoms with Gasteiger partial charge in [-0.2, -0.15) is 5.10 Å². The highest BCUT2D eigenvalue weighted by Crippen LogP contribution is 2.15. The summed E-state index contributed by atoms with van der Waals surface area (Å²) in [6.07, 6.45) is 1.93. The van der Waals surface area contributed by atoms with Gasteiger partial charge in [0.1, 0.15) is 0 Å². The third kappa shape index (κ3) is 6.51. The number of rotatable bonds is 9. The van der Waals surface area contributed by atoms with E-state index >= 15 is 0 Å². The van der Waals surface area contributed by atoms with Crippen molar-refractivity contribution in [1.82, 2.24) is 20.4 Å². The lowest BCUT2D eigenvalue weighted by Crippen LogP contribution is -2.40. The van der Waals surface area contributed by atoms with E-state index in [0.717, 1.165) is 43.3 Å². The lowest BCUT2D eigenvalue weighted by molar-refractivity contribution is 0.243. The summed E-state index contributed by atoms with van der Waals surface area (Å²) >= 11 is 0. The topological polar surface area (TPSA) is 74.5 Å². The molecule has 0 radical (unpaired) electrons. The van der Waals surface area contributed by atoms with E-state index in [1.54, 1.807) is 0 Å². The van der Waals surface area contributed by atoms with Crippen LogP contribution in [0.4, 0.5) is 0 Å². The third-order valence-corrected chi connectivity index (χ3v) is 4.30. The van der Waals surface area contributed by atoms with Gasteiger partial charge >= 0.3 is 0 Å². The Hall–Kier alpha value is -1.56. The summed E-state index contributed by atoms with van der Waals surface area (Å²) < 4.78 is 1.90. The maximum absolute atomic E-state index is 9.25. The molecule has 0 saturated carbocycles. The predicted molar refractivity (Wildman–Crippen MR) is 100 cm³/mol. The van der Waals surface area contributed by atoms with Gasteiger partial charge in [0.2, 0.25) is 0 Å². The van der Waals surface area contributed by atoms with Crippen LogP contribution in [-0.2, 0) is 13.6 Å². The maximum Gasteiger partial charge on any atom is 0.191 e. The van der Waals surface area contributed by atoms with Gasteiger partial charge in [0, 0.05) is 38.0 Å². The van der Waals surface area contributed by atoms with Crippen LogP contribution in [0.2, 0.25) is 0 Å². The molecule has 0 fully saturated rings. The summed E-state index contributed by atoms with van der Waals surface area (Å²) in [5.74, 6) is 1.91. The third-order valence-electron chi connectivity index (χ3n) is 4.30. The Morgan fingerprint density at radius 3 is 2.50 bits per heavy atom. The minimum atomic E-state index is 0.237. The fourth-order valence-corrected chi connectivity index (χ4v) is 2.94. The molecule has 0 bridgehead atoms. The Kier molecular flexibility index (Phi) is 8.82. The van der Waals surface area contributed by atoms with Crippen LogP contribution in [-0.4, -0.2) is 40.5 Å². The predicted octanol–water partition coefficient (Wildman–Crippen LogP) is 2.14. The second-order valence-corrected chi connectivity index (χ2v) is 6.86. The van der Waals surface area contributed by atoms with Crippen molar-refractivity contribution in [2.75, 3.05) is 19.7 Å². The highest BCUT2D eigenvalue weighted by atomic mass is 16.3. The molecular weight excluding hydrogens is 302 g/mol. The molecule has 0 aliphatic rings. The Labute approximate surface area is 146 Å². The standard InChI is InChI=1S/C18H35N5O/c1-7-19-18(20-11-16(8-9-24)10-13(2)3)21-12-17-14(4)22-23(6)15(17)5/h13,16,24H,7-12H2,1-6H3,(H2,19,20,21). The summed E-state index contributed by atoms with van der Waals surface area (Å²) in [5, 5.41) is 20.4. The van der Waals surface area contributed by atoms with Gasteiger partial charge in [0.15, 0.2) is 5.96 Å². The van der Waals surface area contributed by atoms with Crippen molar-refractivity contribution in [2.45, 2.75) is 54.0 Å². The molecule has 0 aliphatic heterocycles. The van der Waals surface area contributed by atoms with Crippen molar-refractivity contribution in [1.29, 1.82) is 0 Å². The number of aliphatic hydroxyl groups excluding tert-OH is 1. The largest absolute Gasteiger partial charge is 0.396 e. The number of aryl methyl sites for hydroxylation is 2. The van der Waals surface area contributed by atoms with E-state index in [9.17, 15) is 5.11 Å². The molecular formula is C18H35N5O. The highest BCUT2D eigenvalue weighted by molar-refractivity contribution is 5.79. The van der Waals surface area contributed by atoms with Crippen LogP contribution in [0.3, 0.4) is 0 Å². The zero-order chi connectivity index (χ0) is 18.1. The summed E-state index contributed by atoms with van der Waals surface area (Å²) in [6, 6.07) is 0. The lowest BCUT2D eigenvalue weighted by atomic mass is 9.94. The Balaban J connectivity index is 2.71. The lowest BCUT2D eigenvalue weighted by Gasteiger charge is -2.20. The molecule has 6 nitrogen and oxygen atoms in total. The van der Waals surface area contributed by atoms with Crippen LogP contribution in [0, 0.1) is 25.7 Å². The van der Waals surface area contributed by atoms with Gasteiger partial charge in [-0.3, -0.25) is 4.68 Å². The SMILES string of the molecule is CCNC(=NCc1c(C)nn(C)c1C)NCC(CCO)CC(C)C. The molecule has 0 spiro atoms. The van der Waals surface area contributed by atoms with Crippen molar-refractivity contribution in [2.24, 2.45) is 23.9 Å². The van der Waals surface area contributed by atoms with E-state index in [0.29, 0.717) is 18.4 Å². The fraction of sp³-hybridized carbons (Fsp3) is 0.778. The van der Waals surface area contributed by atoms with E-state index < -0.39 is 0 Å². The number of hydrogen-bond acceptors (Lipinski definition) is 3. The molecule has 0 amide bonds. The van der Waals surface area contributed by atoms with E-state index in [-0.39, 0.29) is 6.61 Å². The number of aliphatic imine (C=N–C) groups is 1. The molecule has 0 aliphatic carbocycles. The van der Waals surface area contributed by atoms with Gasteiger partial charge in [-0.15, -0.1) is 0 Å². The number of nitrogens with one attached hydrogen (secondary N) is 2. The van der Waals surface area contributed by atoms with Crippen molar-refractivity contribution in [3.8, 4) is 0 Å². The van der Waals surface area contributed by atoms with E-state index in [4.69, 9.17) is 4.99 Å². The fourth-order valence-electron chi connectivity index (χ4n) is 2.94. The molecule has 1 aromatic heterocycles. The molecule has 6 heteroatoms. The van der Waals surface area contributed by atoms with Crippen LogP contribution < -0.4 is 10.6 Å². The molecule has 1 heterocycles. The number of aromatic nitrogens is 2. The number of guanidine groups is 1. The Bertz CT molecular complexity index is 522. The van der Waals surface area contributed by atoms with Gasteiger partial charge in [-0.05, 0) is 45.4 Å². The molecule has 1 rings (SSSR count). The summed E-state index contributed by atoms with van der Waals surface area (Å²) in [5.41, 5.74) is 3.38. The van der Waals surface area contributed by atoms with Crippen LogP contribution >= 0.6 is 0 Å². The van der Waals surface area contributed by atoms with Gasteiger partial charge in [0.05, 0.1) is 12.2 Å². The second kappa shape index (κ2) is 10.3. The van der Waals surface area contributed by atoms with Crippen LogP contribution in [0.1, 0.15) is 50.6 Å². The molecule has 0 saturated heterocycles. The quantitative estimate of drug-likeness (QED) is 0.477. The molecule has 1 aromatic rings. The molecule has 3 N–H and O–H groups in total. The molecule has 1 atom stereocenters. The summed E-state index contributed by atoms with van der Waals surface area (Å²) in [6.45, 7) is 13.1. The van der Waals surface area contributed by atoms with Crippen LogP contribution in [0.5, 0.6) is 0 Å². The first-order chi connectivity index (χ1) is 11.4. The summed E-state index contributed by atoms with van der Waals surface area (Å²) in [4.78, 5) is 4.71. The monoisotopic (exact) mass is 337 g/mol. The zero-order valence-corrected chi connectivity index (χ0v) is 16.2. The minimum Gasteiger partial charge on any atom is -0.396 e. The number of hydrogen-bond donors (Lipinski definition) is 3. The van der Waals surface area contributed by atoms with Crippen molar-refractivity contribution in [3.63, 3.8) is 0 Å². The molecule has 0 aromatic carbocycles. The van der Waals surface area contributed by atoms with Gasteiger partial charge in [-0.1, -0.05) is 13.8 Å². The minimum absolute atomic E-state index is 0.237. The average Bonchev–Trinajstić information content (AvgIpc) is 2.75. The Morgan fingerprint density at radius 1 is 1.29 bits per heavy atom. The number of nitrogens with zero attached hydrogens (tertiary/aromatic N) is 3. The average molecular weight is 338 g/mol. The molecule has 138 valence electrons. The van der Waals surface area contributed by atoms with Crippen molar-refractivity contribution < 1.29 is 5.11 Å². The first-order valence-electron chi connectivity index (χ1n) is 9.01. The number of aliphatic hydroxyl groups is 1. The van der Waals surface area contributed by atoms with Crippen molar-refractivity contribution in [3.05, 3.63) is 17.0 Å². The first-order valence-corrected chi connectivity index (χ1v) is 9.01. The molecule has 1 unspecified atom stereocenters. The Morgan fingerprint density at radius 2 is 2.00 bits per heavy atom. The van der Waals surface area contributed by atoms with Crippen LogP contribution in [0.25, 0.3) is 0 Å². The normalized spacial score (nSPS) is 13.4. The van der Waals surface area contributed by atoms with Crippen molar-refractivity contribution >= 4 is 5.96 Å². The highest BCUT2D eigenvalue weighted by Gasteiger charge is 2.12. The molecule has 24 heavy (non-hydrogen) atoms. The van der Waals surface area contributed by atoms with Gasteiger partial charge in [-0.25, -0.2) is 4.99 Å². The zero-order valence-electron chi connectivity index (χ0n) is 16.2. The van der Waals surface area contributed by atoms with E-state index in [1.165, 1.54) is 5.56 Å². The second-order valence-electron chi connectivity index (χ2n) is 6.86. The maximum atomic E-state index is 9.25. The van der Waals surface area contributed by atoms with E-state index in [2.05, 4.69) is 43.4 Å². The smallest absolute Gasteiger partial charge is 0.191 e. The summed E-state index contributed by atoms with van der Waals surface area (Å²) in [7, 11) is 1.96. The first kappa shape index (κ1) is 20.5. The van der Waals surface area contributed by atoms with Crippen LogP contribution in [0.15, 0.2) is 4.99 Å². The van der Waals surface area contributed by atoms with E-state index in [1.807, 2.05) is 18.7 Å². The van der Waals surface area contributed by atoms with Gasteiger partial charge in [0.25, 0.3) is 0 Å². The van der Waals surface area contributed by atoms with Gasteiger partial charge < -0.3 is 15.7 Å².